The molecule has 1 aliphatic rings. The summed E-state index contributed by atoms with van der Waals surface area (Å²) in [6.07, 6.45) is 3.89. The van der Waals surface area contributed by atoms with Gasteiger partial charge in [0.05, 0.1) is 35.1 Å². The number of rotatable bonds is 10. The standard InChI is InChI=1S/C26H28N2O5S2/c1-4-5-12-32-19-10-8-18(9-11-19)23-22(25(30)33-14-13-31-3)17(2)27-26-28(23)24(29)21(35-26)16-20-7-6-15-34-20/h6-11,15-16,23H,4-5,12-14H2,1-3H3. The zero-order chi connectivity index (χ0) is 24.8. The summed E-state index contributed by atoms with van der Waals surface area (Å²) in [7, 11) is 1.55. The van der Waals surface area contributed by atoms with E-state index in [1.165, 1.54) is 11.3 Å². The first-order chi connectivity index (χ1) is 17.0. The Kier molecular flexibility index (Phi) is 8.33. The molecule has 0 radical (unpaired) electrons. The van der Waals surface area contributed by atoms with Crippen LogP contribution >= 0.6 is 22.7 Å². The van der Waals surface area contributed by atoms with Gasteiger partial charge in [0.1, 0.15) is 12.4 Å². The third kappa shape index (κ3) is 5.63. The molecule has 0 aliphatic carbocycles. The first-order valence-electron chi connectivity index (χ1n) is 11.5. The maximum Gasteiger partial charge on any atom is 0.338 e. The number of fused-ring (bicyclic) bond motifs is 1. The minimum absolute atomic E-state index is 0.117. The number of unbranched alkanes of at least 4 members (excludes halogenated alkanes) is 1. The van der Waals surface area contributed by atoms with Gasteiger partial charge in [-0.2, -0.15) is 0 Å². The van der Waals surface area contributed by atoms with Crippen LogP contribution in [0, 0.1) is 0 Å². The molecule has 1 unspecified atom stereocenters. The molecule has 0 saturated heterocycles. The molecule has 0 fully saturated rings. The van der Waals surface area contributed by atoms with Crippen molar-refractivity contribution in [3.05, 3.63) is 83.2 Å². The van der Waals surface area contributed by atoms with Crippen LogP contribution in [0.3, 0.4) is 0 Å². The molecular formula is C26H28N2O5S2. The van der Waals surface area contributed by atoms with E-state index in [-0.39, 0.29) is 18.8 Å². The number of benzene rings is 1. The number of thiophene rings is 1. The lowest BCUT2D eigenvalue weighted by Crippen LogP contribution is -2.40. The summed E-state index contributed by atoms with van der Waals surface area (Å²) >= 11 is 2.88. The Bertz CT molecular complexity index is 1370. The number of thiazole rings is 1. The van der Waals surface area contributed by atoms with E-state index in [0.29, 0.717) is 27.2 Å². The smallest absolute Gasteiger partial charge is 0.338 e. The number of aromatic nitrogens is 1. The fraction of sp³-hybridized carbons (Fsp3) is 0.346. The molecule has 0 spiro atoms. The maximum atomic E-state index is 13.6. The molecule has 35 heavy (non-hydrogen) atoms. The van der Waals surface area contributed by atoms with E-state index in [1.54, 1.807) is 29.9 Å². The molecule has 4 rings (SSSR count). The van der Waals surface area contributed by atoms with Crippen molar-refractivity contribution in [1.29, 1.82) is 0 Å². The highest BCUT2D eigenvalue weighted by Gasteiger charge is 2.33. The number of esters is 1. The molecule has 3 aromatic rings. The zero-order valence-corrected chi connectivity index (χ0v) is 21.6. The molecule has 9 heteroatoms. The molecule has 1 aromatic carbocycles. The van der Waals surface area contributed by atoms with Gasteiger partial charge in [-0.05, 0) is 48.6 Å². The number of carbonyl (C=O) groups excluding carboxylic acids is 1. The molecular weight excluding hydrogens is 484 g/mol. The Hall–Kier alpha value is -3.01. The van der Waals surface area contributed by atoms with Crippen LogP contribution in [0.25, 0.3) is 6.08 Å². The molecule has 0 saturated carbocycles. The van der Waals surface area contributed by atoms with E-state index in [1.807, 2.05) is 47.9 Å². The number of carbonyl (C=O) groups is 1. The van der Waals surface area contributed by atoms with Crippen molar-refractivity contribution in [2.75, 3.05) is 26.9 Å². The van der Waals surface area contributed by atoms with E-state index in [9.17, 15) is 9.59 Å². The molecule has 1 aliphatic heterocycles. The van der Waals surface area contributed by atoms with Crippen molar-refractivity contribution in [2.24, 2.45) is 4.99 Å². The number of methoxy groups -OCH3 is 1. The van der Waals surface area contributed by atoms with Gasteiger partial charge in [0.2, 0.25) is 0 Å². The Morgan fingerprint density at radius 1 is 1.17 bits per heavy atom. The van der Waals surface area contributed by atoms with Gasteiger partial charge in [-0.15, -0.1) is 11.3 Å². The van der Waals surface area contributed by atoms with Gasteiger partial charge in [0.25, 0.3) is 5.56 Å². The fourth-order valence-corrected chi connectivity index (χ4v) is 5.55. The van der Waals surface area contributed by atoms with E-state index in [2.05, 4.69) is 11.9 Å². The predicted molar refractivity (Wildman–Crippen MR) is 138 cm³/mol. The van der Waals surface area contributed by atoms with E-state index >= 15 is 0 Å². The normalized spacial score (nSPS) is 15.6. The first kappa shape index (κ1) is 25.1. The van der Waals surface area contributed by atoms with Crippen molar-refractivity contribution in [1.82, 2.24) is 4.57 Å². The van der Waals surface area contributed by atoms with Gasteiger partial charge in [0, 0.05) is 12.0 Å². The molecule has 0 amide bonds. The lowest BCUT2D eigenvalue weighted by molar-refractivity contribution is -0.140. The summed E-state index contributed by atoms with van der Waals surface area (Å²) in [5.74, 6) is 0.237. The molecule has 7 nitrogen and oxygen atoms in total. The monoisotopic (exact) mass is 512 g/mol. The topological polar surface area (TPSA) is 79.1 Å². The number of nitrogens with zero attached hydrogens (tertiary/aromatic N) is 2. The zero-order valence-electron chi connectivity index (χ0n) is 20.0. The average Bonchev–Trinajstić information content (AvgIpc) is 3.47. The van der Waals surface area contributed by atoms with Gasteiger partial charge in [-0.1, -0.05) is 42.9 Å². The molecule has 1 atom stereocenters. The summed E-state index contributed by atoms with van der Waals surface area (Å²) in [5.41, 5.74) is 1.47. The van der Waals surface area contributed by atoms with Crippen LogP contribution in [0.1, 0.15) is 43.2 Å². The summed E-state index contributed by atoms with van der Waals surface area (Å²) in [6, 6.07) is 10.8. The number of hydrogen-bond donors (Lipinski definition) is 0. The third-order valence-corrected chi connectivity index (χ3v) is 7.34. The van der Waals surface area contributed by atoms with Gasteiger partial charge in [-0.25, -0.2) is 9.79 Å². The van der Waals surface area contributed by atoms with Crippen molar-refractivity contribution in [2.45, 2.75) is 32.7 Å². The molecule has 0 N–H and O–H groups in total. The van der Waals surface area contributed by atoms with Gasteiger partial charge in [-0.3, -0.25) is 9.36 Å². The van der Waals surface area contributed by atoms with Crippen molar-refractivity contribution >= 4 is 34.7 Å². The second kappa shape index (κ2) is 11.6. The predicted octanol–water partition coefficient (Wildman–Crippen LogP) is 3.67. The largest absolute Gasteiger partial charge is 0.494 e. The highest BCUT2D eigenvalue weighted by Crippen LogP contribution is 2.31. The Morgan fingerprint density at radius 2 is 1.97 bits per heavy atom. The lowest BCUT2D eigenvalue weighted by Gasteiger charge is -2.25. The molecule has 0 bridgehead atoms. The summed E-state index contributed by atoms with van der Waals surface area (Å²) in [5, 5.41) is 1.97. The molecule has 184 valence electrons. The van der Waals surface area contributed by atoms with E-state index in [0.717, 1.165) is 29.0 Å². The molecule has 3 heterocycles. The number of hydrogen-bond acceptors (Lipinski definition) is 8. The van der Waals surface area contributed by atoms with E-state index in [4.69, 9.17) is 14.2 Å². The van der Waals surface area contributed by atoms with Crippen LogP contribution in [0.4, 0.5) is 0 Å². The van der Waals surface area contributed by atoms with Gasteiger partial charge < -0.3 is 14.2 Å². The van der Waals surface area contributed by atoms with Crippen molar-refractivity contribution in [3.63, 3.8) is 0 Å². The Labute approximate surface area is 211 Å². The van der Waals surface area contributed by atoms with E-state index < -0.39 is 12.0 Å². The highest BCUT2D eigenvalue weighted by atomic mass is 32.1. The Morgan fingerprint density at radius 3 is 2.66 bits per heavy atom. The van der Waals surface area contributed by atoms with Crippen LogP contribution in [-0.4, -0.2) is 37.5 Å². The SMILES string of the molecule is CCCCOc1ccc(C2C(C(=O)OCCOC)=C(C)N=c3sc(=Cc4cccs4)c(=O)n32)cc1. The van der Waals surface area contributed by atoms with Crippen LogP contribution in [0.15, 0.2) is 62.8 Å². The van der Waals surface area contributed by atoms with Gasteiger partial charge in [0.15, 0.2) is 4.80 Å². The van der Waals surface area contributed by atoms with Crippen LogP contribution in [-0.2, 0) is 14.3 Å². The second-order valence-corrected chi connectivity index (χ2v) is 9.99. The van der Waals surface area contributed by atoms with Crippen molar-refractivity contribution < 1.29 is 19.0 Å². The quantitative estimate of drug-likeness (QED) is 0.306. The lowest BCUT2D eigenvalue weighted by atomic mass is 9.96. The van der Waals surface area contributed by atoms with Gasteiger partial charge >= 0.3 is 5.97 Å². The van der Waals surface area contributed by atoms with Crippen LogP contribution < -0.4 is 19.6 Å². The molecule has 2 aromatic heterocycles. The average molecular weight is 513 g/mol. The number of allylic oxidation sites excluding steroid dienone is 1. The number of ether oxygens (including phenoxy) is 3. The minimum atomic E-state index is -0.656. The Balaban J connectivity index is 1.79. The summed E-state index contributed by atoms with van der Waals surface area (Å²) < 4.78 is 18.4. The highest BCUT2D eigenvalue weighted by molar-refractivity contribution is 7.11. The summed E-state index contributed by atoms with van der Waals surface area (Å²) in [4.78, 5) is 32.9. The maximum absolute atomic E-state index is 13.6. The van der Waals surface area contributed by atoms with Crippen LogP contribution in [0.2, 0.25) is 0 Å². The third-order valence-electron chi connectivity index (χ3n) is 5.54. The fourth-order valence-electron chi connectivity index (χ4n) is 3.78. The van der Waals surface area contributed by atoms with Crippen molar-refractivity contribution in [3.8, 4) is 5.75 Å². The minimum Gasteiger partial charge on any atom is -0.494 e. The first-order valence-corrected chi connectivity index (χ1v) is 13.2. The van der Waals surface area contributed by atoms with Crippen LogP contribution in [0.5, 0.6) is 5.75 Å². The summed E-state index contributed by atoms with van der Waals surface area (Å²) in [6.45, 7) is 4.94. The second-order valence-electron chi connectivity index (χ2n) is 8.00.